The van der Waals surface area contributed by atoms with Crippen LogP contribution in [0.5, 0.6) is 5.75 Å². The number of aliphatic carboxylic acids is 1. The minimum Gasteiger partial charge on any atom is -0.497 e. The van der Waals surface area contributed by atoms with Crippen LogP contribution in [-0.2, 0) is 32.2 Å². The zero-order valence-electron chi connectivity index (χ0n) is 28.4. The molecule has 0 bridgehead atoms. The van der Waals surface area contributed by atoms with Crippen molar-refractivity contribution in [3.63, 3.8) is 0 Å². The second-order valence-corrected chi connectivity index (χ2v) is 12.1. The van der Waals surface area contributed by atoms with E-state index in [1.54, 1.807) is 54.6 Å². The molecular weight excluding hydrogens is 686 g/mol. The molecule has 18 heteroatoms. The zero-order valence-corrected chi connectivity index (χ0v) is 28.4. The quantitative estimate of drug-likeness (QED) is 0.0719. The Balaban J connectivity index is 1.31. The fourth-order valence-corrected chi connectivity index (χ4v) is 5.49. The van der Waals surface area contributed by atoms with Gasteiger partial charge in [0.05, 0.1) is 19.8 Å². The topological polar surface area (TPSA) is 260 Å². The van der Waals surface area contributed by atoms with Crippen molar-refractivity contribution in [2.24, 2.45) is 0 Å². The molecule has 8 atom stereocenters. The Morgan fingerprint density at radius 3 is 2.25 bits per heavy atom. The van der Waals surface area contributed by atoms with Gasteiger partial charge in [-0.25, -0.2) is 9.59 Å². The number of carbonyl (C=O) groups excluding carboxylic acids is 2. The van der Waals surface area contributed by atoms with Crippen LogP contribution in [0, 0.1) is 0 Å². The third-order valence-corrected chi connectivity index (χ3v) is 8.36. The molecule has 52 heavy (non-hydrogen) atoms. The van der Waals surface area contributed by atoms with E-state index >= 15 is 0 Å². The first-order chi connectivity index (χ1) is 24.8. The van der Waals surface area contributed by atoms with E-state index in [9.17, 15) is 49.5 Å². The zero-order chi connectivity index (χ0) is 37.9. The monoisotopic (exact) mass is 729 g/mol. The molecule has 2 heterocycles. The average molecular weight is 730 g/mol. The van der Waals surface area contributed by atoms with Gasteiger partial charge in [-0.15, -0.1) is 0 Å². The first-order valence-electron chi connectivity index (χ1n) is 16.4. The Bertz CT molecular complexity index is 1770. The summed E-state index contributed by atoms with van der Waals surface area (Å²) in [6.45, 7) is 1.01. The van der Waals surface area contributed by atoms with E-state index < -0.39 is 78.1 Å². The third kappa shape index (κ3) is 10.0. The first kappa shape index (κ1) is 39.7. The number of aromatic nitrogens is 2. The molecule has 2 amide bonds. The molecule has 0 aliphatic carbocycles. The molecule has 1 unspecified atom stereocenters. The van der Waals surface area contributed by atoms with Crippen LogP contribution in [0.2, 0.25) is 0 Å². The van der Waals surface area contributed by atoms with E-state index in [-0.39, 0.29) is 32.7 Å². The van der Waals surface area contributed by atoms with E-state index in [0.717, 1.165) is 27.0 Å². The first-order valence-corrected chi connectivity index (χ1v) is 16.4. The highest BCUT2D eigenvalue weighted by molar-refractivity contribution is 5.86. The van der Waals surface area contributed by atoms with Gasteiger partial charge in [-0.3, -0.25) is 23.5 Å². The number of hydrogen-bond donors (Lipinski definition) is 8. The minimum atomic E-state index is -1.94. The van der Waals surface area contributed by atoms with Crippen LogP contribution < -0.4 is 31.9 Å². The number of aliphatic hydroxyl groups excluding tert-OH is 4. The van der Waals surface area contributed by atoms with E-state index in [1.807, 2.05) is 0 Å². The van der Waals surface area contributed by atoms with E-state index in [2.05, 4.69) is 16.0 Å². The van der Waals surface area contributed by atoms with Gasteiger partial charge in [0.1, 0.15) is 48.9 Å². The summed E-state index contributed by atoms with van der Waals surface area (Å²) in [5, 5.41) is 59.8. The van der Waals surface area contributed by atoms with Gasteiger partial charge in [0.2, 0.25) is 5.91 Å². The lowest BCUT2D eigenvalue weighted by atomic mass is 9.99. The molecule has 0 saturated carbocycles. The summed E-state index contributed by atoms with van der Waals surface area (Å²) >= 11 is 0. The van der Waals surface area contributed by atoms with Crippen molar-refractivity contribution < 1.29 is 54.1 Å². The number of hydrogen-bond acceptors (Lipinski definition) is 13. The Morgan fingerprint density at radius 2 is 1.62 bits per heavy atom. The van der Waals surface area contributed by atoms with Gasteiger partial charge in [-0.1, -0.05) is 42.5 Å². The fraction of sp³-hybridized carbons (Fsp3) is 0.441. The molecule has 3 aromatic rings. The normalized spacial score (nSPS) is 20.7. The largest absolute Gasteiger partial charge is 0.497 e. The van der Waals surface area contributed by atoms with Crippen LogP contribution in [0.4, 0.5) is 4.79 Å². The molecule has 8 N–H and O–H groups in total. The van der Waals surface area contributed by atoms with Crippen molar-refractivity contribution >= 4 is 18.0 Å². The number of methoxy groups -OCH3 is 1. The Hall–Kier alpha value is -5.11. The maximum absolute atomic E-state index is 13.3. The van der Waals surface area contributed by atoms with Crippen molar-refractivity contribution in [3.8, 4) is 5.75 Å². The highest BCUT2D eigenvalue weighted by Crippen LogP contribution is 2.31. The van der Waals surface area contributed by atoms with Crippen molar-refractivity contribution in [2.75, 3.05) is 20.2 Å². The van der Waals surface area contributed by atoms with Crippen molar-refractivity contribution in [2.45, 2.75) is 75.3 Å². The number of carbonyl (C=O) groups is 3. The van der Waals surface area contributed by atoms with Gasteiger partial charge in [-0.2, -0.15) is 0 Å². The molecule has 0 spiro atoms. The lowest BCUT2D eigenvalue weighted by molar-refractivity contribution is -0.149. The highest BCUT2D eigenvalue weighted by Gasteiger charge is 2.50. The summed E-state index contributed by atoms with van der Waals surface area (Å²) < 4.78 is 17.6. The second-order valence-electron chi connectivity index (χ2n) is 12.1. The third-order valence-electron chi connectivity index (χ3n) is 8.36. The molecular formula is C34H43N5O13. The molecule has 1 fully saturated rings. The molecule has 4 rings (SSSR count). The maximum Gasteiger partial charge on any atom is 0.408 e. The van der Waals surface area contributed by atoms with Crippen molar-refractivity contribution in [1.82, 2.24) is 25.1 Å². The molecule has 1 saturated heterocycles. The van der Waals surface area contributed by atoms with Gasteiger partial charge >= 0.3 is 17.8 Å². The fourth-order valence-electron chi connectivity index (χ4n) is 5.49. The number of nitrogens with one attached hydrogen (secondary N) is 3. The van der Waals surface area contributed by atoms with Crippen molar-refractivity contribution in [1.29, 1.82) is 0 Å². The van der Waals surface area contributed by atoms with Gasteiger partial charge in [0.15, 0.2) is 6.23 Å². The summed E-state index contributed by atoms with van der Waals surface area (Å²) in [5.74, 6) is -1.68. The minimum absolute atomic E-state index is 0.0310. The van der Waals surface area contributed by atoms with E-state index in [0.29, 0.717) is 11.3 Å². The summed E-state index contributed by atoms with van der Waals surface area (Å²) in [6.07, 6.45) is -9.83. The molecule has 0 radical (unpaired) electrons. The molecule has 2 aromatic carbocycles. The standard InChI is InChI=1S/C34H43N5O13/c1-19(40)24(37-33(48)51-18-21-7-4-3-5-8-21)30(45)36-15-6-14-35-25(32(46)47)26(42)29-27(43)28(44)31(52-29)38-16-13-23(41)39(34(38)49)17-20-9-11-22(50-2)12-10-20/h3-5,7-13,16,19,24-29,31,35,40,42-44H,6,14-15,17-18H2,1-2H3,(H,36,45)(H,37,48)(H,46,47)/t19-,24-,25-,26+,27-,28+,29?,31+/m0/s1. The predicted molar refractivity (Wildman–Crippen MR) is 181 cm³/mol. The molecule has 282 valence electrons. The highest BCUT2D eigenvalue weighted by atomic mass is 16.6. The van der Waals surface area contributed by atoms with Crippen LogP contribution in [0.25, 0.3) is 0 Å². The lowest BCUT2D eigenvalue weighted by Crippen LogP contribution is -2.55. The average Bonchev–Trinajstić information content (AvgIpc) is 3.42. The molecule has 18 nitrogen and oxygen atoms in total. The predicted octanol–water partition coefficient (Wildman–Crippen LogP) is -1.73. The number of carboxylic acid groups (broad SMARTS) is 1. The lowest BCUT2D eigenvalue weighted by Gasteiger charge is -2.27. The summed E-state index contributed by atoms with van der Waals surface area (Å²) in [6, 6.07) is 13.4. The Labute approximate surface area is 297 Å². The SMILES string of the molecule is COc1ccc(Cn2c(=O)ccn([C@@H]3OC([C@H](O)[C@H](NCCCNC(=O)[C@@H](NC(=O)OCc4ccccc4)[C@H](C)O)C(=O)O)[C@@H](O)[C@H]3O)c2=O)cc1. The number of amides is 2. The number of alkyl carbamates (subject to hydrolysis) is 1. The maximum atomic E-state index is 13.3. The summed E-state index contributed by atoms with van der Waals surface area (Å²) in [7, 11) is 1.49. The number of ether oxygens (including phenoxy) is 3. The smallest absolute Gasteiger partial charge is 0.408 e. The Morgan fingerprint density at radius 1 is 0.923 bits per heavy atom. The van der Waals surface area contributed by atoms with E-state index in [1.165, 1.54) is 14.0 Å². The second kappa shape index (κ2) is 18.4. The number of benzene rings is 2. The van der Waals surface area contributed by atoms with Crippen LogP contribution in [0.1, 0.15) is 30.7 Å². The number of aliphatic hydroxyl groups is 4. The molecule has 1 aliphatic rings. The van der Waals surface area contributed by atoms with Gasteiger partial charge in [0.25, 0.3) is 5.56 Å². The van der Waals surface area contributed by atoms with Gasteiger partial charge in [-0.05, 0) is 43.1 Å². The van der Waals surface area contributed by atoms with Crippen LogP contribution in [0.3, 0.4) is 0 Å². The number of carboxylic acids is 1. The van der Waals surface area contributed by atoms with Crippen LogP contribution in [-0.4, -0.2) is 115 Å². The summed E-state index contributed by atoms with van der Waals surface area (Å²) in [4.78, 5) is 62.9. The molecule has 1 aromatic heterocycles. The number of rotatable bonds is 17. The molecule has 1 aliphatic heterocycles. The number of nitrogens with zero attached hydrogens (tertiary/aromatic N) is 2. The summed E-state index contributed by atoms with van der Waals surface area (Å²) in [5.41, 5.74) is -0.223. The van der Waals surface area contributed by atoms with Crippen LogP contribution in [0.15, 0.2) is 76.4 Å². The van der Waals surface area contributed by atoms with Crippen LogP contribution >= 0.6 is 0 Å². The Kier molecular flexibility index (Phi) is 14.0. The van der Waals surface area contributed by atoms with Gasteiger partial charge in [0, 0.05) is 18.8 Å². The van der Waals surface area contributed by atoms with Crippen molar-refractivity contribution in [3.05, 3.63) is 98.8 Å². The van der Waals surface area contributed by atoms with Gasteiger partial charge < -0.3 is 55.7 Å². The van der Waals surface area contributed by atoms with E-state index in [4.69, 9.17) is 14.2 Å².